The first kappa shape index (κ1) is 21.3. The topological polar surface area (TPSA) is 90.2 Å². The molecule has 1 heterocycles. The van der Waals surface area contributed by atoms with Gasteiger partial charge in [0, 0.05) is 5.39 Å². The Balaban J connectivity index is 1.76. The highest BCUT2D eigenvalue weighted by atomic mass is 35.5. The fourth-order valence-corrected chi connectivity index (χ4v) is 3.17. The summed E-state index contributed by atoms with van der Waals surface area (Å²) in [4.78, 5) is 18.7. The molecule has 4 rings (SSSR count). The van der Waals surface area contributed by atoms with Crippen LogP contribution in [-0.4, -0.2) is 14.9 Å². The highest BCUT2D eigenvalue weighted by Gasteiger charge is 2.32. The fourth-order valence-electron chi connectivity index (χ4n) is 3.01. The minimum Gasteiger partial charge on any atom is -0.433 e. The molecule has 162 valence electrons. The van der Waals surface area contributed by atoms with Crippen molar-refractivity contribution in [2.75, 3.05) is 5.32 Å². The number of alkyl halides is 3. The highest BCUT2D eigenvalue weighted by molar-refractivity contribution is 6.33. The predicted molar refractivity (Wildman–Crippen MR) is 112 cm³/mol. The predicted octanol–water partition coefficient (Wildman–Crippen LogP) is 6.75. The van der Waals surface area contributed by atoms with E-state index in [1.807, 2.05) is 18.2 Å². The Kier molecular flexibility index (Phi) is 5.54. The molecular formula is C21H12ClF3N4O3. The van der Waals surface area contributed by atoms with E-state index in [0.29, 0.717) is 11.1 Å². The number of aromatic nitrogens is 2. The van der Waals surface area contributed by atoms with E-state index in [4.69, 9.17) is 16.3 Å². The highest BCUT2D eigenvalue weighted by Crippen LogP contribution is 2.40. The van der Waals surface area contributed by atoms with Gasteiger partial charge in [0.25, 0.3) is 0 Å². The van der Waals surface area contributed by atoms with E-state index in [9.17, 15) is 23.3 Å². The van der Waals surface area contributed by atoms with Crippen LogP contribution < -0.4 is 10.1 Å². The van der Waals surface area contributed by atoms with Crippen LogP contribution >= 0.6 is 11.6 Å². The lowest BCUT2D eigenvalue weighted by Gasteiger charge is -2.13. The van der Waals surface area contributed by atoms with Crippen molar-refractivity contribution < 1.29 is 22.8 Å². The number of hydrogen-bond donors (Lipinski definition) is 1. The van der Waals surface area contributed by atoms with Gasteiger partial charge in [-0.2, -0.15) is 18.2 Å². The maximum absolute atomic E-state index is 13.1. The van der Waals surface area contributed by atoms with E-state index in [2.05, 4.69) is 15.3 Å². The van der Waals surface area contributed by atoms with Crippen molar-refractivity contribution in [3.63, 3.8) is 0 Å². The third-order valence-electron chi connectivity index (χ3n) is 4.47. The summed E-state index contributed by atoms with van der Waals surface area (Å²) in [6.07, 6.45) is -3.63. The SMILES string of the molecule is O=[N+]([O-])c1c(Nc2cc(C(F)(F)F)ccc2Cl)ncnc1Oc1cccc2ccccc12. The summed E-state index contributed by atoms with van der Waals surface area (Å²) in [6, 6.07) is 15.0. The van der Waals surface area contributed by atoms with Crippen molar-refractivity contribution in [2.45, 2.75) is 6.18 Å². The molecule has 0 aliphatic carbocycles. The molecule has 0 radical (unpaired) electrons. The summed E-state index contributed by atoms with van der Waals surface area (Å²) in [5.41, 5.74) is -1.85. The molecule has 0 aliphatic rings. The normalized spacial score (nSPS) is 11.4. The molecule has 11 heteroatoms. The quantitative estimate of drug-likeness (QED) is 0.262. The number of nitro groups is 1. The summed E-state index contributed by atoms with van der Waals surface area (Å²) in [5.74, 6) is -0.443. The molecule has 1 N–H and O–H groups in total. The molecule has 0 unspecified atom stereocenters. The molecule has 0 fully saturated rings. The van der Waals surface area contributed by atoms with E-state index in [1.54, 1.807) is 24.3 Å². The van der Waals surface area contributed by atoms with Crippen LogP contribution in [0.2, 0.25) is 5.02 Å². The van der Waals surface area contributed by atoms with Gasteiger partial charge in [-0.05, 0) is 29.7 Å². The second-order valence-corrected chi connectivity index (χ2v) is 6.94. The van der Waals surface area contributed by atoms with Gasteiger partial charge in [0.1, 0.15) is 12.1 Å². The lowest BCUT2D eigenvalue weighted by atomic mass is 10.1. The minimum atomic E-state index is -4.62. The van der Waals surface area contributed by atoms with Crippen molar-refractivity contribution in [1.82, 2.24) is 9.97 Å². The van der Waals surface area contributed by atoms with Gasteiger partial charge >= 0.3 is 17.7 Å². The Bertz CT molecular complexity index is 1330. The molecule has 4 aromatic rings. The van der Waals surface area contributed by atoms with Crippen LogP contribution in [0.25, 0.3) is 10.8 Å². The molecule has 32 heavy (non-hydrogen) atoms. The van der Waals surface area contributed by atoms with Gasteiger partial charge in [-0.25, -0.2) is 4.98 Å². The molecular weight excluding hydrogens is 449 g/mol. The third kappa shape index (κ3) is 4.26. The van der Waals surface area contributed by atoms with Crippen molar-refractivity contribution in [1.29, 1.82) is 0 Å². The third-order valence-corrected chi connectivity index (χ3v) is 4.80. The smallest absolute Gasteiger partial charge is 0.416 e. The average molecular weight is 461 g/mol. The van der Waals surface area contributed by atoms with Crippen molar-refractivity contribution in [3.8, 4) is 11.6 Å². The van der Waals surface area contributed by atoms with Gasteiger partial charge in [0.2, 0.25) is 5.82 Å². The first-order valence-corrected chi connectivity index (χ1v) is 9.40. The maximum Gasteiger partial charge on any atom is 0.416 e. The number of nitrogens with zero attached hydrogens (tertiary/aromatic N) is 3. The molecule has 1 aromatic heterocycles. The first-order valence-electron chi connectivity index (χ1n) is 9.03. The van der Waals surface area contributed by atoms with E-state index >= 15 is 0 Å². The second kappa shape index (κ2) is 8.31. The van der Waals surface area contributed by atoms with Gasteiger partial charge in [0.15, 0.2) is 0 Å². The zero-order valence-corrected chi connectivity index (χ0v) is 16.7. The second-order valence-electron chi connectivity index (χ2n) is 6.53. The summed E-state index contributed by atoms with van der Waals surface area (Å²) < 4.78 is 44.9. The molecule has 0 spiro atoms. The molecule has 0 amide bonds. The molecule has 0 aliphatic heterocycles. The van der Waals surface area contributed by atoms with Crippen LogP contribution in [0, 0.1) is 10.1 Å². The summed E-state index contributed by atoms with van der Waals surface area (Å²) in [7, 11) is 0. The number of nitrogens with one attached hydrogen (secondary N) is 1. The fraction of sp³-hybridized carbons (Fsp3) is 0.0476. The Morgan fingerprint density at radius 3 is 2.53 bits per heavy atom. The number of ether oxygens (including phenoxy) is 1. The number of rotatable bonds is 5. The van der Waals surface area contributed by atoms with E-state index in [1.165, 1.54) is 0 Å². The van der Waals surface area contributed by atoms with Gasteiger partial charge < -0.3 is 10.1 Å². The van der Waals surface area contributed by atoms with Gasteiger partial charge in [-0.3, -0.25) is 10.1 Å². The van der Waals surface area contributed by atoms with Crippen LogP contribution in [0.15, 0.2) is 67.0 Å². The molecule has 0 saturated carbocycles. The number of anilines is 2. The zero-order valence-electron chi connectivity index (χ0n) is 15.9. The molecule has 7 nitrogen and oxygen atoms in total. The zero-order chi connectivity index (χ0) is 22.9. The van der Waals surface area contributed by atoms with E-state index in [0.717, 1.165) is 29.9 Å². The van der Waals surface area contributed by atoms with Crippen LogP contribution in [0.3, 0.4) is 0 Å². The number of hydrogen-bond acceptors (Lipinski definition) is 6. The van der Waals surface area contributed by atoms with Crippen LogP contribution in [0.4, 0.5) is 30.4 Å². The van der Waals surface area contributed by atoms with Gasteiger partial charge in [-0.15, -0.1) is 0 Å². The number of benzene rings is 3. The van der Waals surface area contributed by atoms with Gasteiger partial charge in [-0.1, -0.05) is 48.0 Å². The molecule has 0 bridgehead atoms. The largest absolute Gasteiger partial charge is 0.433 e. The summed E-state index contributed by atoms with van der Waals surface area (Å²) in [5, 5.41) is 15.7. The first-order chi connectivity index (χ1) is 15.2. The number of halogens is 4. The monoisotopic (exact) mass is 460 g/mol. The average Bonchev–Trinajstić information content (AvgIpc) is 2.75. The van der Waals surface area contributed by atoms with Crippen molar-refractivity contribution in [3.05, 3.63) is 87.7 Å². The Hall–Kier alpha value is -3.92. The minimum absolute atomic E-state index is 0.0811. The van der Waals surface area contributed by atoms with Crippen LogP contribution in [-0.2, 0) is 6.18 Å². The Labute approximate surface area is 183 Å². The molecule has 3 aromatic carbocycles. The molecule has 0 saturated heterocycles. The lowest BCUT2D eigenvalue weighted by Crippen LogP contribution is -2.07. The van der Waals surface area contributed by atoms with E-state index < -0.39 is 22.4 Å². The Morgan fingerprint density at radius 2 is 1.78 bits per heavy atom. The lowest BCUT2D eigenvalue weighted by molar-refractivity contribution is -0.385. The molecule has 0 atom stereocenters. The van der Waals surface area contributed by atoms with Crippen molar-refractivity contribution >= 4 is 39.6 Å². The maximum atomic E-state index is 13.1. The standard InChI is InChI=1S/C21H12ClF3N4O3/c22-15-9-8-13(21(23,24)25)10-16(15)28-19-18(29(30)31)20(27-11-26-19)32-17-7-3-5-12-4-1-2-6-14(12)17/h1-11H,(H,26,27,28). The summed E-state index contributed by atoms with van der Waals surface area (Å²) in [6.45, 7) is 0. The van der Waals surface area contributed by atoms with Crippen LogP contribution in [0.5, 0.6) is 11.6 Å². The van der Waals surface area contributed by atoms with E-state index in [-0.39, 0.29) is 22.4 Å². The Morgan fingerprint density at radius 1 is 1.03 bits per heavy atom. The van der Waals surface area contributed by atoms with Crippen molar-refractivity contribution in [2.24, 2.45) is 0 Å². The van der Waals surface area contributed by atoms with Gasteiger partial charge in [0.05, 0.1) is 21.2 Å². The van der Waals surface area contributed by atoms with Crippen LogP contribution in [0.1, 0.15) is 5.56 Å². The summed E-state index contributed by atoms with van der Waals surface area (Å²) >= 11 is 5.99. The number of fused-ring (bicyclic) bond motifs is 1.